The highest BCUT2D eigenvalue weighted by Crippen LogP contribution is 2.47. The van der Waals surface area contributed by atoms with Crippen LogP contribution in [0.5, 0.6) is 5.75 Å². The average molecular weight is 435 g/mol. The molecule has 1 unspecified atom stereocenters. The Morgan fingerprint density at radius 3 is 2.59 bits per heavy atom. The summed E-state index contributed by atoms with van der Waals surface area (Å²) in [5.74, 6) is 1.65. The molecule has 5 nitrogen and oxygen atoms in total. The minimum atomic E-state index is 0.309. The van der Waals surface area contributed by atoms with Crippen LogP contribution in [0.4, 0.5) is 5.69 Å². The van der Waals surface area contributed by atoms with E-state index in [9.17, 15) is 0 Å². The number of nitrogens with zero attached hydrogens (tertiary/aromatic N) is 1. The highest BCUT2D eigenvalue weighted by molar-refractivity contribution is 6.09. The first-order chi connectivity index (χ1) is 15.7. The third kappa shape index (κ3) is 4.32. The minimum absolute atomic E-state index is 0.309. The van der Waals surface area contributed by atoms with Crippen LogP contribution in [-0.4, -0.2) is 37.5 Å². The highest BCUT2D eigenvalue weighted by atomic mass is 16.5. The summed E-state index contributed by atoms with van der Waals surface area (Å²) < 4.78 is 6.66. The Bertz CT molecular complexity index is 893. The van der Waals surface area contributed by atoms with Gasteiger partial charge in [-0.05, 0) is 95.9 Å². The maximum atomic E-state index is 8.17. The second-order valence-corrected chi connectivity index (χ2v) is 10.1. The van der Waals surface area contributed by atoms with Crippen LogP contribution in [0.1, 0.15) is 69.4 Å². The Hall–Kier alpha value is -2.27. The standard InChI is InChI=1S/C27H38N4O/c1-18-6-9-25-26(31(18)19(2)20-7-8-20)11-10-24(27(25)32-23-4-3-5-23)21(16-28)17-30-22-12-14-29-15-13-22/h10-11,16-18,20,22-23,28-30H,2-9,12-15H2,1H3/b21-17+,28-16?. The van der Waals surface area contributed by atoms with Crippen LogP contribution >= 0.6 is 0 Å². The smallest absolute Gasteiger partial charge is 0.132 e. The maximum absolute atomic E-state index is 8.17. The van der Waals surface area contributed by atoms with E-state index >= 15 is 0 Å². The zero-order valence-electron chi connectivity index (χ0n) is 19.5. The predicted molar refractivity (Wildman–Crippen MR) is 133 cm³/mol. The van der Waals surface area contributed by atoms with E-state index in [2.05, 4.69) is 41.2 Å². The van der Waals surface area contributed by atoms with E-state index < -0.39 is 0 Å². The van der Waals surface area contributed by atoms with Crippen LogP contribution in [0.3, 0.4) is 0 Å². The Morgan fingerprint density at radius 2 is 1.94 bits per heavy atom. The van der Waals surface area contributed by atoms with E-state index in [0.717, 1.165) is 68.5 Å². The fraction of sp³-hybridized carbons (Fsp3) is 0.593. The van der Waals surface area contributed by atoms with E-state index in [0.29, 0.717) is 24.1 Å². The normalized spacial score (nSPS) is 24.5. The Morgan fingerprint density at radius 1 is 1.16 bits per heavy atom. The Balaban J connectivity index is 1.50. The average Bonchev–Trinajstić information content (AvgIpc) is 3.63. The van der Waals surface area contributed by atoms with E-state index in [4.69, 9.17) is 10.1 Å². The molecule has 0 aromatic heterocycles. The van der Waals surface area contributed by atoms with Gasteiger partial charge in [-0.1, -0.05) is 6.58 Å². The summed E-state index contributed by atoms with van der Waals surface area (Å²) >= 11 is 0. The summed E-state index contributed by atoms with van der Waals surface area (Å²) in [5, 5.41) is 15.2. The molecule has 2 heterocycles. The molecule has 0 bridgehead atoms. The van der Waals surface area contributed by atoms with Gasteiger partial charge >= 0.3 is 0 Å². The molecular weight excluding hydrogens is 396 g/mol. The summed E-state index contributed by atoms with van der Waals surface area (Å²) in [6.07, 6.45) is 14.3. The van der Waals surface area contributed by atoms with Crippen molar-refractivity contribution in [3.8, 4) is 5.75 Å². The number of nitrogens with one attached hydrogen (secondary N) is 3. The van der Waals surface area contributed by atoms with Crippen molar-refractivity contribution in [3.05, 3.63) is 41.7 Å². The monoisotopic (exact) mass is 434 g/mol. The number of benzene rings is 1. The molecule has 0 amide bonds. The zero-order valence-corrected chi connectivity index (χ0v) is 19.5. The second-order valence-electron chi connectivity index (χ2n) is 10.1. The van der Waals surface area contributed by atoms with E-state index in [1.54, 1.807) is 0 Å². The molecule has 0 spiro atoms. The summed E-state index contributed by atoms with van der Waals surface area (Å²) in [7, 11) is 0. The van der Waals surface area contributed by atoms with Gasteiger partial charge in [0.05, 0.1) is 6.10 Å². The van der Waals surface area contributed by atoms with Gasteiger partial charge in [0, 0.05) is 52.6 Å². The topological polar surface area (TPSA) is 60.4 Å². The molecule has 0 radical (unpaired) electrons. The van der Waals surface area contributed by atoms with Crippen LogP contribution in [0.25, 0.3) is 5.57 Å². The number of allylic oxidation sites excluding steroid dienone is 2. The van der Waals surface area contributed by atoms with Gasteiger partial charge < -0.3 is 25.7 Å². The quantitative estimate of drug-likeness (QED) is 0.503. The molecule has 2 saturated carbocycles. The molecular formula is C27H38N4O. The van der Waals surface area contributed by atoms with Crippen molar-refractivity contribution in [2.45, 2.75) is 82.9 Å². The van der Waals surface area contributed by atoms with Gasteiger partial charge in [-0.2, -0.15) is 0 Å². The lowest BCUT2D eigenvalue weighted by molar-refractivity contribution is 0.118. The van der Waals surface area contributed by atoms with Crippen molar-refractivity contribution in [3.63, 3.8) is 0 Å². The van der Waals surface area contributed by atoms with Gasteiger partial charge in [-0.15, -0.1) is 0 Å². The highest BCUT2D eigenvalue weighted by Gasteiger charge is 2.36. The maximum Gasteiger partial charge on any atom is 0.132 e. The number of piperidine rings is 1. The molecule has 5 heteroatoms. The number of hydrogen-bond acceptors (Lipinski definition) is 5. The Labute approximate surface area is 192 Å². The SMILES string of the molecule is C=C(C1CC1)N1c2ccc(/C(C=N)=C/NC3CCNCC3)c(OC3CCC3)c2CCC1C. The lowest BCUT2D eigenvalue weighted by Crippen LogP contribution is -2.38. The zero-order chi connectivity index (χ0) is 22.1. The van der Waals surface area contributed by atoms with Gasteiger partial charge in [0.1, 0.15) is 5.75 Å². The fourth-order valence-electron chi connectivity index (χ4n) is 5.27. The van der Waals surface area contributed by atoms with Crippen LogP contribution in [0.15, 0.2) is 30.6 Å². The number of hydrogen-bond donors (Lipinski definition) is 3. The first kappa shape index (κ1) is 21.6. The molecule has 3 N–H and O–H groups in total. The van der Waals surface area contributed by atoms with Crippen LogP contribution < -0.4 is 20.3 Å². The summed E-state index contributed by atoms with van der Waals surface area (Å²) in [4.78, 5) is 2.48. The van der Waals surface area contributed by atoms with Gasteiger partial charge in [0.2, 0.25) is 0 Å². The summed E-state index contributed by atoms with van der Waals surface area (Å²) in [6, 6.07) is 5.37. The molecule has 1 aromatic carbocycles. The van der Waals surface area contributed by atoms with Crippen molar-refractivity contribution < 1.29 is 4.74 Å². The van der Waals surface area contributed by atoms with Crippen molar-refractivity contribution in [2.24, 2.45) is 5.92 Å². The van der Waals surface area contributed by atoms with E-state index in [1.165, 1.54) is 42.4 Å². The number of fused-ring (bicyclic) bond motifs is 1. The predicted octanol–water partition coefficient (Wildman–Crippen LogP) is 5.01. The first-order valence-corrected chi connectivity index (χ1v) is 12.6. The number of rotatable bonds is 8. The van der Waals surface area contributed by atoms with Crippen LogP contribution in [0, 0.1) is 11.3 Å². The van der Waals surface area contributed by atoms with Crippen LogP contribution in [0.2, 0.25) is 0 Å². The van der Waals surface area contributed by atoms with Crippen LogP contribution in [-0.2, 0) is 6.42 Å². The van der Waals surface area contributed by atoms with Crippen molar-refractivity contribution in [2.75, 3.05) is 18.0 Å². The van der Waals surface area contributed by atoms with Gasteiger partial charge in [-0.25, -0.2) is 0 Å². The van der Waals surface area contributed by atoms with Crippen molar-refractivity contribution in [1.82, 2.24) is 10.6 Å². The third-order valence-electron chi connectivity index (χ3n) is 7.72. The molecule has 5 rings (SSSR count). The van der Waals surface area contributed by atoms with Crippen molar-refractivity contribution in [1.29, 1.82) is 5.41 Å². The minimum Gasteiger partial charge on any atom is -0.489 e. The van der Waals surface area contributed by atoms with Crippen molar-refractivity contribution >= 4 is 17.5 Å². The molecule has 1 atom stereocenters. The Kier molecular flexibility index (Phi) is 6.27. The molecule has 1 aromatic rings. The van der Waals surface area contributed by atoms with Gasteiger partial charge in [0.15, 0.2) is 0 Å². The van der Waals surface area contributed by atoms with E-state index in [-0.39, 0.29) is 0 Å². The fourth-order valence-corrected chi connectivity index (χ4v) is 5.27. The third-order valence-corrected chi connectivity index (χ3v) is 7.72. The number of anilines is 1. The number of ether oxygens (including phenoxy) is 1. The second kappa shape index (κ2) is 9.30. The lowest BCUT2D eigenvalue weighted by Gasteiger charge is -2.40. The molecule has 4 aliphatic rings. The largest absolute Gasteiger partial charge is 0.489 e. The molecule has 2 aliphatic carbocycles. The molecule has 172 valence electrons. The molecule has 3 fully saturated rings. The molecule has 2 aliphatic heterocycles. The summed E-state index contributed by atoms with van der Waals surface area (Å²) in [6.45, 7) is 8.92. The van der Waals surface area contributed by atoms with Gasteiger partial charge in [0.25, 0.3) is 0 Å². The molecule has 1 saturated heterocycles. The van der Waals surface area contributed by atoms with Gasteiger partial charge in [-0.3, -0.25) is 0 Å². The first-order valence-electron chi connectivity index (χ1n) is 12.6. The molecule has 32 heavy (non-hydrogen) atoms. The lowest BCUT2D eigenvalue weighted by atomic mass is 9.90. The van der Waals surface area contributed by atoms with E-state index in [1.807, 2.05) is 6.20 Å². The summed E-state index contributed by atoms with van der Waals surface area (Å²) in [5.41, 5.74) is 5.82.